The van der Waals surface area contributed by atoms with E-state index in [1.54, 1.807) is 18.2 Å². The first-order valence-electron chi connectivity index (χ1n) is 10.3. The number of nitrogens with one attached hydrogen (secondary N) is 1. The van der Waals surface area contributed by atoms with Gasteiger partial charge in [0.15, 0.2) is 0 Å². The standard InChI is InChI=1S/C23H21ClFN3O4S/c24-19-10-13(21(33-19)22(26)31)7-12-8-14(9-18(12)29)23(32)27-17-5-4-15(11-16(17)25)28-6-2-1-3-20(28)30/h1-6,10-12,14,18,29H,7-9H2,(H2,26,31)(H,27,32)/t12-,14-,18-/m0/s1. The van der Waals surface area contributed by atoms with E-state index >= 15 is 0 Å². The number of halogens is 2. The quantitative estimate of drug-likeness (QED) is 0.492. The van der Waals surface area contributed by atoms with Crippen molar-refractivity contribution in [2.24, 2.45) is 17.6 Å². The summed E-state index contributed by atoms with van der Waals surface area (Å²) in [6.07, 6.45) is 1.73. The Morgan fingerprint density at radius 1 is 1.24 bits per heavy atom. The Kier molecular flexibility index (Phi) is 6.64. The molecule has 3 aromatic rings. The molecule has 1 aliphatic carbocycles. The molecule has 3 atom stereocenters. The maximum absolute atomic E-state index is 14.6. The van der Waals surface area contributed by atoms with Gasteiger partial charge in [-0.3, -0.25) is 19.0 Å². The number of rotatable bonds is 6. The highest BCUT2D eigenvalue weighted by Gasteiger charge is 2.37. The van der Waals surface area contributed by atoms with Gasteiger partial charge in [0.25, 0.3) is 11.5 Å². The smallest absolute Gasteiger partial charge is 0.259 e. The Balaban J connectivity index is 1.44. The van der Waals surface area contributed by atoms with Crippen LogP contribution in [0.25, 0.3) is 5.69 Å². The summed E-state index contributed by atoms with van der Waals surface area (Å²) in [6.45, 7) is 0. The summed E-state index contributed by atoms with van der Waals surface area (Å²) in [4.78, 5) is 36.7. The first-order chi connectivity index (χ1) is 15.7. The van der Waals surface area contributed by atoms with Crippen LogP contribution in [0.1, 0.15) is 28.1 Å². The highest BCUT2D eigenvalue weighted by molar-refractivity contribution is 7.18. The average Bonchev–Trinajstić information content (AvgIpc) is 3.32. The number of primary amides is 1. The van der Waals surface area contributed by atoms with Crippen molar-refractivity contribution in [3.05, 3.63) is 79.6 Å². The number of carbonyl (C=O) groups excluding carboxylic acids is 2. The Hall–Kier alpha value is -3.01. The molecule has 33 heavy (non-hydrogen) atoms. The van der Waals surface area contributed by atoms with Gasteiger partial charge in [-0.2, -0.15) is 0 Å². The van der Waals surface area contributed by atoms with Crippen molar-refractivity contribution < 1.29 is 19.1 Å². The van der Waals surface area contributed by atoms with Crippen LogP contribution in [0.2, 0.25) is 4.34 Å². The number of aliphatic hydroxyl groups is 1. The van der Waals surface area contributed by atoms with E-state index in [0.29, 0.717) is 33.3 Å². The van der Waals surface area contributed by atoms with Gasteiger partial charge in [0, 0.05) is 24.2 Å². The zero-order chi connectivity index (χ0) is 23.7. The molecule has 2 heterocycles. The van der Waals surface area contributed by atoms with Crippen LogP contribution >= 0.6 is 22.9 Å². The Morgan fingerprint density at radius 3 is 2.73 bits per heavy atom. The minimum Gasteiger partial charge on any atom is -0.393 e. The van der Waals surface area contributed by atoms with E-state index in [1.165, 1.54) is 35.0 Å². The van der Waals surface area contributed by atoms with E-state index < -0.39 is 29.7 Å². The second-order valence-electron chi connectivity index (χ2n) is 8.03. The zero-order valence-electron chi connectivity index (χ0n) is 17.3. The van der Waals surface area contributed by atoms with Crippen LogP contribution < -0.4 is 16.6 Å². The molecule has 1 fully saturated rings. The van der Waals surface area contributed by atoms with Gasteiger partial charge in [-0.25, -0.2) is 4.39 Å². The molecule has 0 unspecified atom stereocenters. The summed E-state index contributed by atoms with van der Waals surface area (Å²) in [5.41, 5.74) is 6.09. The van der Waals surface area contributed by atoms with Crippen LogP contribution in [-0.2, 0) is 11.2 Å². The third-order valence-electron chi connectivity index (χ3n) is 5.82. The minimum atomic E-state index is -0.752. The number of benzene rings is 1. The minimum absolute atomic E-state index is 0.00805. The van der Waals surface area contributed by atoms with Gasteiger partial charge in [-0.05, 0) is 55.0 Å². The number of nitrogens with two attached hydrogens (primary N) is 1. The molecule has 7 nitrogen and oxygen atoms in total. The van der Waals surface area contributed by atoms with Crippen LogP contribution in [0.4, 0.5) is 10.1 Å². The van der Waals surface area contributed by atoms with Gasteiger partial charge in [0.2, 0.25) is 5.91 Å². The van der Waals surface area contributed by atoms with Gasteiger partial charge >= 0.3 is 0 Å². The summed E-state index contributed by atoms with van der Waals surface area (Å²) in [5, 5.41) is 13.1. The predicted molar refractivity (Wildman–Crippen MR) is 124 cm³/mol. The lowest BCUT2D eigenvalue weighted by molar-refractivity contribution is -0.120. The van der Waals surface area contributed by atoms with Gasteiger partial charge in [-0.1, -0.05) is 17.7 Å². The van der Waals surface area contributed by atoms with Crippen molar-refractivity contribution >= 4 is 40.4 Å². The largest absolute Gasteiger partial charge is 0.393 e. The molecule has 2 amide bonds. The highest BCUT2D eigenvalue weighted by Crippen LogP contribution is 2.37. The number of aliphatic hydroxyl groups excluding tert-OH is 1. The van der Waals surface area contributed by atoms with E-state index in [-0.39, 0.29) is 23.6 Å². The monoisotopic (exact) mass is 489 g/mol. The first kappa shape index (κ1) is 23.2. The summed E-state index contributed by atoms with van der Waals surface area (Å²) >= 11 is 7.09. The fourth-order valence-electron chi connectivity index (χ4n) is 4.20. The van der Waals surface area contributed by atoms with Crippen molar-refractivity contribution in [3.63, 3.8) is 0 Å². The molecule has 4 rings (SSSR count). The van der Waals surface area contributed by atoms with Crippen molar-refractivity contribution in [3.8, 4) is 5.69 Å². The van der Waals surface area contributed by atoms with Crippen molar-refractivity contribution in [2.45, 2.75) is 25.4 Å². The molecule has 0 saturated heterocycles. The number of hydrogen-bond acceptors (Lipinski definition) is 5. The van der Waals surface area contributed by atoms with E-state index in [1.807, 2.05) is 0 Å². The highest BCUT2D eigenvalue weighted by atomic mass is 35.5. The van der Waals surface area contributed by atoms with E-state index in [0.717, 1.165) is 11.3 Å². The maximum Gasteiger partial charge on any atom is 0.259 e. The number of thiophene rings is 1. The first-order valence-corrected chi connectivity index (χ1v) is 11.5. The second kappa shape index (κ2) is 9.46. The number of anilines is 1. The number of carbonyl (C=O) groups is 2. The number of nitrogens with zero attached hydrogens (tertiary/aromatic N) is 1. The molecule has 172 valence electrons. The Morgan fingerprint density at radius 2 is 2.03 bits per heavy atom. The lowest BCUT2D eigenvalue weighted by Gasteiger charge is -2.14. The molecule has 0 aliphatic heterocycles. The molecule has 4 N–H and O–H groups in total. The van der Waals surface area contributed by atoms with Gasteiger partial charge in [0.1, 0.15) is 5.82 Å². The number of aromatic nitrogens is 1. The number of hydrogen-bond donors (Lipinski definition) is 3. The molecular weight excluding hydrogens is 469 g/mol. The topological polar surface area (TPSA) is 114 Å². The van der Waals surface area contributed by atoms with Crippen LogP contribution in [0.5, 0.6) is 0 Å². The maximum atomic E-state index is 14.6. The normalized spacial score (nSPS) is 20.0. The van der Waals surface area contributed by atoms with Crippen LogP contribution in [0, 0.1) is 17.7 Å². The van der Waals surface area contributed by atoms with E-state index in [2.05, 4.69) is 5.32 Å². The SMILES string of the molecule is NC(=O)c1sc(Cl)cc1C[C@H]1C[C@H](C(=O)Nc2ccc(-n3ccccc3=O)cc2F)C[C@@H]1O. The molecule has 0 spiro atoms. The van der Waals surface area contributed by atoms with Crippen molar-refractivity contribution in [2.75, 3.05) is 5.32 Å². The molecular formula is C23H21ClFN3O4S. The fourth-order valence-corrected chi connectivity index (χ4v) is 5.34. The lowest BCUT2D eigenvalue weighted by Crippen LogP contribution is -2.22. The average molecular weight is 490 g/mol. The third kappa shape index (κ3) is 5.00. The summed E-state index contributed by atoms with van der Waals surface area (Å²) in [7, 11) is 0. The van der Waals surface area contributed by atoms with Crippen molar-refractivity contribution in [1.29, 1.82) is 0 Å². The lowest BCUT2D eigenvalue weighted by atomic mass is 9.95. The molecule has 1 aromatic carbocycles. The number of amides is 2. The van der Waals surface area contributed by atoms with Crippen LogP contribution in [0.3, 0.4) is 0 Å². The fraction of sp³-hybridized carbons (Fsp3) is 0.261. The summed E-state index contributed by atoms with van der Waals surface area (Å²) in [5.74, 6) is -2.45. The third-order valence-corrected chi connectivity index (χ3v) is 7.15. The molecule has 0 radical (unpaired) electrons. The van der Waals surface area contributed by atoms with Crippen LogP contribution in [-0.4, -0.2) is 27.6 Å². The summed E-state index contributed by atoms with van der Waals surface area (Å²) < 4.78 is 16.4. The van der Waals surface area contributed by atoms with E-state index in [9.17, 15) is 23.9 Å². The molecule has 1 saturated carbocycles. The molecule has 0 bridgehead atoms. The molecule has 10 heteroatoms. The van der Waals surface area contributed by atoms with E-state index in [4.69, 9.17) is 17.3 Å². The summed E-state index contributed by atoms with van der Waals surface area (Å²) in [6, 6.07) is 10.4. The van der Waals surface area contributed by atoms with Gasteiger partial charge in [0.05, 0.1) is 26.7 Å². The molecule has 1 aliphatic rings. The predicted octanol–water partition coefficient (Wildman–Crippen LogP) is 3.36. The van der Waals surface area contributed by atoms with Gasteiger partial charge in [-0.15, -0.1) is 11.3 Å². The second-order valence-corrected chi connectivity index (χ2v) is 9.71. The zero-order valence-corrected chi connectivity index (χ0v) is 18.9. The Labute approximate surface area is 197 Å². The Bertz CT molecular complexity index is 1270. The number of pyridine rings is 1. The molecule has 2 aromatic heterocycles. The van der Waals surface area contributed by atoms with Crippen LogP contribution in [0.15, 0.2) is 53.5 Å². The van der Waals surface area contributed by atoms with Gasteiger partial charge < -0.3 is 16.2 Å². The van der Waals surface area contributed by atoms with Crippen molar-refractivity contribution in [1.82, 2.24) is 4.57 Å².